The normalized spacial score (nSPS) is 10.3. The van der Waals surface area contributed by atoms with Crippen molar-refractivity contribution in [2.45, 2.75) is 20.8 Å². The molecule has 0 bridgehead atoms. The molecule has 7 nitrogen and oxygen atoms in total. The lowest BCUT2D eigenvalue weighted by atomic mass is 10.1. The fourth-order valence-corrected chi connectivity index (χ4v) is 2.40. The number of rotatable bonds is 5. The molecule has 126 valence electrons. The molecule has 24 heavy (non-hydrogen) atoms. The number of hydrogen-bond acceptors (Lipinski definition) is 4. The van der Waals surface area contributed by atoms with Crippen molar-refractivity contribution >= 4 is 23.5 Å². The Kier molecular flexibility index (Phi) is 5.03. The van der Waals surface area contributed by atoms with Crippen molar-refractivity contribution in [2.75, 3.05) is 11.9 Å². The van der Waals surface area contributed by atoms with E-state index in [1.807, 2.05) is 0 Å². The maximum Gasteiger partial charge on any atom is 0.340 e. The van der Waals surface area contributed by atoms with Crippen molar-refractivity contribution in [3.8, 4) is 0 Å². The van der Waals surface area contributed by atoms with E-state index in [0.29, 0.717) is 28.1 Å². The summed E-state index contributed by atoms with van der Waals surface area (Å²) in [6.07, 6.45) is 0. The highest BCUT2D eigenvalue weighted by Crippen LogP contribution is 2.20. The van der Waals surface area contributed by atoms with E-state index >= 15 is 0 Å². The quantitative estimate of drug-likeness (QED) is 0.729. The molecule has 0 fully saturated rings. The van der Waals surface area contributed by atoms with E-state index in [-0.39, 0.29) is 12.3 Å². The van der Waals surface area contributed by atoms with Gasteiger partial charge in [-0.15, -0.1) is 0 Å². The molecule has 1 heterocycles. The second kappa shape index (κ2) is 6.99. The molecule has 0 aliphatic rings. The highest BCUT2D eigenvalue weighted by molar-refractivity contribution is 6.07. The predicted molar refractivity (Wildman–Crippen MR) is 89.1 cm³/mol. The number of primary amides is 1. The van der Waals surface area contributed by atoms with Crippen LogP contribution in [-0.2, 0) is 4.74 Å². The molecular formula is C17H19N3O4. The van der Waals surface area contributed by atoms with Crippen LogP contribution in [-0.4, -0.2) is 29.4 Å². The van der Waals surface area contributed by atoms with Gasteiger partial charge < -0.3 is 20.8 Å². The molecule has 2 amide bonds. The lowest BCUT2D eigenvalue weighted by Gasteiger charge is -2.06. The molecule has 1 aromatic heterocycles. The summed E-state index contributed by atoms with van der Waals surface area (Å²) in [5.74, 6) is -1.39. The number of nitrogens with two attached hydrogens (primary N) is 1. The lowest BCUT2D eigenvalue weighted by molar-refractivity contribution is 0.0525. The Balaban J connectivity index is 2.22. The van der Waals surface area contributed by atoms with Crippen molar-refractivity contribution < 1.29 is 19.1 Å². The summed E-state index contributed by atoms with van der Waals surface area (Å²) in [6.45, 7) is 5.37. The largest absolute Gasteiger partial charge is 0.462 e. The summed E-state index contributed by atoms with van der Waals surface area (Å²) < 4.78 is 5.00. The Labute approximate surface area is 139 Å². The van der Waals surface area contributed by atoms with E-state index in [0.717, 1.165) is 0 Å². The first-order valence-electron chi connectivity index (χ1n) is 7.42. The van der Waals surface area contributed by atoms with Crippen molar-refractivity contribution in [2.24, 2.45) is 5.73 Å². The molecule has 0 unspecified atom stereocenters. The third-order valence-electron chi connectivity index (χ3n) is 3.57. The third-order valence-corrected chi connectivity index (χ3v) is 3.57. The zero-order chi connectivity index (χ0) is 17.9. The Morgan fingerprint density at radius 1 is 1.17 bits per heavy atom. The Morgan fingerprint density at radius 3 is 2.33 bits per heavy atom. The maximum absolute atomic E-state index is 12.4. The number of hydrogen-bond donors (Lipinski definition) is 3. The highest BCUT2D eigenvalue weighted by Gasteiger charge is 2.22. The van der Waals surface area contributed by atoms with Gasteiger partial charge in [0.05, 0.1) is 12.2 Å². The number of aryl methyl sites for hydroxylation is 1. The summed E-state index contributed by atoms with van der Waals surface area (Å²) >= 11 is 0. The molecule has 0 atom stereocenters. The van der Waals surface area contributed by atoms with Crippen LogP contribution in [0.4, 0.5) is 5.69 Å². The first kappa shape index (κ1) is 17.3. The second-order valence-electron chi connectivity index (χ2n) is 5.24. The molecule has 0 saturated heterocycles. The number of aromatic amines is 1. The summed E-state index contributed by atoms with van der Waals surface area (Å²) in [4.78, 5) is 38.3. The molecule has 4 N–H and O–H groups in total. The van der Waals surface area contributed by atoms with Crippen molar-refractivity contribution in [1.29, 1.82) is 0 Å². The van der Waals surface area contributed by atoms with Gasteiger partial charge in [0.1, 0.15) is 5.69 Å². The van der Waals surface area contributed by atoms with Crippen LogP contribution >= 0.6 is 0 Å². The summed E-state index contributed by atoms with van der Waals surface area (Å²) in [6, 6.07) is 6.20. The van der Waals surface area contributed by atoms with E-state index < -0.39 is 17.8 Å². The molecule has 0 radical (unpaired) electrons. The van der Waals surface area contributed by atoms with Gasteiger partial charge >= 0.3 is 5.97 Å². The minimum absolute atomic E-state index is 0.261. The zero-order valence-electron chi connectivity index (χ0n) is 13.7. The van der Waals surface area contributed by atoms with E-state index in [4.69, 9.17) is 10.5 Å². The Bertz CT molecular complexity index is 791. The van der Waals surface area contributed by atoms with Crippen LogP contribution in [0.25, 0.3) is 0 Å². The van der Waals surface area contributed by atoms with Gasteiger partial charge in [0.25, 0.3) is 5.91 Å². The second-order valence-corrected chi connectivity index (χ2v) is 5.24. The average Bonchev–Trinajstić information content (AvgIpc) is 2.83. The fourth-order valence-electron chi connectivity index (χ4n) is 2.40. The van der Waals surface area contributed by atoms with Gasteiger partial charge in [-0.1, -0.05) is 0 Å². The minimum atomic E-state index is -0.539. The molecule has 7 heteroatoms. The van der Waals surface area contributed by atoms with Crippen LogP contribution in [0, 0.1) is 13.8 Å². The first-order chi connectivity index (χ1) is 11.3. The average molecular weight is 329 g/mol. The van der Waals surface area contributed by atoms with Crippen LogP contribution in [0.1, 0.15) is 49.4 Å². The summed E-state index contributed by atoms with van der Waals surface area (Å²) in [7, 11) is 0. The molecular weight excluding hydrogens is 310 g/mol. The zero-order valence-corrected chi connectivity index (χ0v) is 13.7. The number of carbonyl (C=O) groups is 3. The number of aromatic nitrogens is 1. The van der Waals surface area contributed by atoms with Gasteiger partial charge in [0.2, 0.25) is 5.91 Å². The fraction of sp³-hybridized carbons (Fsp3) is 0.235. The molecule has 0 aliphatic carbocycles. The number of carbonyl (C=O) groups excluding carboxylic acids is 3. The minimum Gasteiger partial charge on any atom is -0.462 e. The number of anilines is 1. The molecule has 0 aliphatic heterocycles. The first-order valence-corrected chi connectivity index (χ1v) is 7.42. The number of H-pyrrole nitrogens is 1. The van der Waals surface area contributed by atoms with Gasteiger partial charge in [-0.2, -0.15) is 0 Å². The molecule has 2 rings (SSSR count). The standard InChI is InChI=1S/C17H19N3O4/c1-4-24-17(23)13-9(2)14(19-10(13)3)16(22)20-12-7-5-11(6-8-12)15(18)21/h5-8,19H,4H2,1-3H3,(H2,18,21)(H,20,22). The van der Waals surface area contributed by atoms with Gasteiger partial charge in [-0.3, -0.25) is 9.59 Å². The molecule has 2 aromatic rings. The van der Waals surface area contributed by atoms with Gasteiger partial charge in [0, 0.05) is 16.9 Å². The van der Waals surface area contributed by atoms with Crippen LogP contribution < -0.4 is 11.1 Å². The van der Waals surface area contributed by atoms with Crippen LogP contribution in [0.15, 0.2) is 24.3 Å². The predicted octanol–water partition coefficient (Wildman–Crippen LogP) is 2.16. The molecule has 0 spiro atoms. The molecule has 1 aromatic carbocycles. The Hall–Kier alpha value is -3.09. The monoisotopic (exact) mass is 329 g/mol. The number of ether oxygens (including phenoxy) is 1. The van der Waals surface area contributed by atoms with Crippen molar-refractivity contribution in [3.05, 3.63) is 52.3 Å². The van der Waals surface area contributed by atoms with Crippen LogP contribution in [0.5, 0.6) is 0 Å². The van der Waals surface area contributed by atoms with Crippen molar-refractivity contribution in [1.82, 2.24) is 4.98 Å². The summed E-state index contributed by atoms with van der Waals surface area (Å²) in [5, 5.41) is 2.70. The van der Waals surface area contributed by atoms with Crippen molar-refractivity contribution in [3.63, 3.8) is 0 Å². The number of nitrogens with one attached hydrogen (secondary N) is 2. The topological polar surface area (TPSA) is 114 Å². The van der Waals surface area contributed by atoms with Gasteiger partial charge in [-0.25, -0.2) is 4.79 Å². The van der Waals surface area contributed by atoms with E-state index in [1.54, 1.807) is 32.9 Å². The summed E-state index contributed by atoms with van der Waals surface area (Å²) in [5.41, 5.74) is 7.78. The SMILES string of the molecule is CCOC(=O)c1c(C)[nH]c(C(=O)Nc2ccc(C(N)=O)cc2)c1C. The lowest BCUT2D eigenvalue weighted by Crippen LogP contribution is -2.15. The van der Waals surface area contributed by atoms with Gasteiger partial charge in [-0.05, 0) is 50.6 Å². The van der Waals surface area contributed by atoms with Gasteiger partial charge in [0.15, 0.2) is 0 Å². The number of amides is 2. The Morgan fingerprint density at radius 2 is 1.79 bits per heavy atom. The smallest absolute Gasteiger partial charge is 0.340 e. The maximum atomic E-state index is 12.4. The van der Waals surface area contributed by atoms with E-state index in [2.05, 4.69) is 10.3 Å². The van der Waals surface area contributed by atoms with E-state index in [9.17, 15) is 14.4 Å². The van der Waals surface area contributed by atoms with Crippen LogP contribution in [0.2, 0.25) is 0 Å². The third kappa shape index (κ3) is 3.45. The van der Waals surface area contributed by atoms with Crippen LogP contribution in [0.3, 0.4) is 0 Å². The molecule has 0 saturated carbocycles. The number of benzene rings is 1. The number of esters is 1. The van der Waals surface area contributed by atoms with E-state index in [1.165, 1.54) is 12.1 Å². The highest BCUT2D eigenvalue weighted by atomic mass is 16.5.